The van der Waals surface area contributed by atoms with Crippen LogP contribution in [-0.2, 0) is 17.6 Å². The molecular weight excluding hydrogens is 470 g/mol. The summed E-state index contributed by atoms with van der Waals surface area (Å²) in [6.07, 6.45) is -0.910. The van der Waals surface area contributed by atoms with Crippen molar-refractivity contribution >= 4 is 47.2 Å². The minimum absolute atomic E-state index is 0. The van der Waals surface area contributed by atoms with E-state index in [0.29, 0.717) is 23.8 Å². The molecule has 0 aliphatic rings. The summed E-state index contributed by atoms with van der Waals surface area (Å²) >= 11 is 1.64. The van der Waals surface area contributed by atoms with Gasteiger partial charge in [0.05, 0.1) is 11.6 Å². The Morgan fingerprint density at radius 1 is 1.40 bits per heavy atom. The Bertz CT molecular complexity index is 565. The average molecular weight is 493 g/mol. The number of rotatable bonds is 7. The Hall–Kier alpha value is -1.11. The first kappa shape index (κ1) is 23.9. The summed E-state index contributed by atoms with van der Waals surface area (Å²) in [6, 6.07) is 0. The molecule has 0 radical (unpaired) electrons. The molecule has 1 aromatic heterocycles. The van der Waals surface area contributed by atoms with Crippen LogP contribution < -0.4 is 10.6 Å². The summed E-state index contributed by atoms with van der Waals surface area (Å²) in [5.41, 5.74) is 0. The third-order valence-corrected chi connectivity index (χ3v) is 4.26. The lowest BCUT2D eigenvalue weighted by atomic mass is 10.4. The second kappa shape index (κ2) is 11.5. The van der Waals surface area contributed by atoms with Crippen molar-refractivity contribution in [1.29, 1.82) is 0 Å². The first-order chi connectivity index (χ1) is 11.2. The summed E-state index contributed by atoms with van der Waals surface area (Å²) in [7, 11) is 2.64. The minimum atomic E-state index is -4.41. The number of thiazole rings is 1. The van der Waals surface area contributed by atoms with Crippen LogP contribution in [0.3, 0.4) is 0 Å². The average Bonchev–Trinajstić information content (AvgIpc) is 2.96. The van der Waals surface area contributed by atoms with Crippen molar-refractivity contribution in [2.45, 2.75) is 25.9 Å². The fraction of sp³-hybridized carbons (Fsp3) is 0.643. The van der Waals surface area contributed by atoms with Gasteiger partial charge >= 0.3 is 6.18 Å². The van der Waals surface area contributed by atoms with Crippen molar-refractivity contribution in [1.82, 2.24) is 20.5 Å². The molecule has 1 aromatic rings. The highest BCUT2D eigenvalue weighted by Crippen LogP contribution is 2.15. The number of alkyl halides is 3. The number of aromatic nitrogens is 1. The Morgan fingerprint density at radius 2 is 2.08 bits per heavy atom. The number of carbonyl (C=O) groups is 1. The van der Waals surface area contributed by atoms with Gasteiger partial charge in [-0.05, 0) is 6.42 Å². The monoisotopic (exact) mass is 493 g/mol. The van der Waals surface area contributed by atoms with Gasteiger partial charge in [0.25, 0.3) is 0 Å². The number of nitrogens with one attached hydrogen (secondary N) is 2. The summed E-state index contributed by atoms with van der Waals surface area (Å²) in [5.74, 6) is -0.307. The largest absolute Gasteiger partial charge is 0.406 e. The van der Waals surface area contributed by atoms with Gasteiger partial charge in [0.1, 0.15) is 6.54 Å². The zero-order valence-corrected chi connectivity index (χ0v) is 17.5. The van der Waals surface area contributed by atoms with Gasteiger partial charge in [0.2, 0.25) is 5.91 Å². The molecule has 0 unspecified atom stereocenters. The third-order valence-electron chi connectivity index (χ3n) is 3.05. The Balaban J connectivity index is 0.00000576. The molecule has 0 bridgehead atoms. The van der Waals surface area contributed by atoms with E-state index in [1.54, 1.807) is 11.3 Å². The van der Waals surface area contributed by atoms with E-state index in [1.165, 1.54) is 11.9 Å². The fourth-order valence-corrected chi connectivity index (χ4v) is 2.65. The van der Waals surface area contributed by atoms with E-state index < -0.39 is 18.6 Å². The lowest BCUT2D eigenvalue weighted by Crippen LogP contribution is -2.45. The summed E-state index contributed by atoms with van der Waals surface area (Å²) in [4.78, 5) is 21.7. The van der Waals surface area contributed by atoms with Crippen molar-refractivity contribution < 1.29 is 18.0 Å². The lowest BCUT2D eigenvalue weighted by Gasteiger charge is -2.19. The molecule has 1 rings (SSSR count). The predicted molar refractivity (Wildman–Crippen MR) is 104 cm³/mol. The molecule has 0 spiro atoms. The molecule has 25 heavy (non-hydrogen) atoms. The Labute approximate surface area is 166 Å². The van der Waals surface area contributed by atoms with Crippen LogP contribution in [0.2, 0.25) is 0 Å². The van der Waals surface area contributed by atoms with Crippen LogP contribution in [0, 0.1) is 0 Å². The summed E-state index contributed by atoms with van der Waals surface area (Å²) in [6.45, 7) is 1.09. The van der Waals surface area contributed by atoms with E-state index in [0.717, 1.165) is 18.5 Å². The molecule has 0 aliphatic carbocycles. The lowest BCUT2D eigenvalue weighted by molar-refractivity contribution is -0.157. The maximum absolute atomic E-state index is 12.2. The Morgan fingerprint density at radius 3 is 2.60 bits per heavy atom. The molecule has 0 atom stereocenters. The van der Waals surface area contributed by atoms with E-state index in [-0.39, 0.29) is 30.5 Å². The predicted octanol–water partition coefficient (Wildman–Crippen LogP) is 2.05. The molecule has 0 fully saturated rings. The number of guanidine groups is 1. The normalized spacial score (nSPS) is 11.7. The van der Waals surface area contributed by atoms with Gasteiger partial charge < -0.3 is 15.5 Å². The first-order valence-electron chi connectivity index (χ1n) is 7.44. The van der Waals surface area contributed by atoms with E-state index >= 15 is 0 Å². The van der Waals surface area contributed by atoms with Crippen LogP contribution in [0.5, 0.6) is 0 Å². The number of likely N-dealkylation sites (N-methyl/N-ethyl adjacent to an activating group) is 1. The van der Waals surface area contributed by atoms with Gasteiger partial charge in [-0.25, -0.2) is 4.98 Å². The maximum Gasteiger partial charge on any atom is 0.406 e. The molecule has 11 heteroatoms. The molecular formula is C14H23F3IN5OS. The van der Waals surface area contributed by atoms with Crippen LogP contribution in [0.4, 0.5) is 13.2 Å². The van der Waals surface area contributed by atoms with Crippen LogP contribution in [0.15, 0.2) is 11.2 Å². The van der Waals surface area contributed by atoms with Crippen LogP contribution >= 0.6 is 35.3 Å². The number of hydrogen-bond acceptors (Lipinski definition) is 4. The highest BCUT2D eigenvalue weighted by atomic mass is 127. The van der Waals surface area contributed by atoms with Crippen LogP contribution in [-0.4, -0.2) is 61.7 Å². The van der Waals surface area contributed by atoms with Gasteiger partial charge in [0.15, 0.2) is 5.96 Å². The van der Waals surface area contributed by atoms with Crippen molar-refractivity contribution in [3.63, 3.8) is 0 Å². The van der Waals surface area contributed by atoms with Crippen molar-refractivity contribution in [3.05, 3.63) is 16.1 Å². The van der Waals surface area contributed by atoms with Crippen molar-refractivity contribution in [2.75, 3.05) is 33.7 Å². The zero-order chi connectivity index (χ0) is 18.2. The molecule has 0 saturated heterocycles. The number of aryl methyl sites for hydroxylation is 1. The van der Waals surface area contributed by atoms with E-state index in [1.807, 2.05) is 6.20 Å². The molecule has 1 amide bonds. The number of hydrogen-bond donors (Lipinski definition) is 2. The molecule has 1 heterocycles. The van der Waals surface area contributed by atoms with E-state index in [9.17, 15) is 18.0 Å². The van der Waals surface area contributed by atoms with Gasteiger partial charge in [0, 0.05) is 38.1 Å². The topological polar surface area (TPSA) is 69.6 Å². The first-order valence-corrected chi connectivity index (χ1v) is 8.25. The smallest absolute Gasteiger partial charge is 0.356 e. The standard InChI is InChI=1S/C14H22F3N5OS.HI/c1-4-10-7-20-11(24-10)5-6-19-13(18-2)21-8-12(23)22(3)9-14(15,16)17;/h7H,4-6,8-9H2,1-3H3,(H2,18,19,21);1H. The quantitative estimate of drug-likeness (QED) is 0.347. The molecule has 0 saturated carbocycles. The molecule has 6 nitrogen and oxygen atoms in total. The summed E-state index contributed by atoms with van der Waals surface area (Å²) < 4.78 is 36.7. The number of halogens is 4. The number of amides is 1. The number of aliphatic imine (C=N–C) groups is 1. The van der Waals surface area contributed by atoms with E-state index in [4.69, 9.17) is 0 Å². The van der Waals surface area contributed by atoms with E-state index in [2.05, 4.69) is 27.5 Å². The zero-order valence-electron chi connectivity index (χ0n) is 14.3. The molecule has 144 valence electrons. The van der Waals surface area contributed by atoms with Crippen LogP contribution in [0.1, 0.15) is 16.8 Å². The van der Waals surface area contributed by atoms with Crippen LogP contribution in [0.25, 0.3) is 0 Å². The molecule has 0 aliphatic heterocycles. The van der Waals surface area contributed by atoms with Crippen molar-refractivity contribution in [2.24, 2.45) is 4.99 Å². The van der Waals surface area contributed by atoms with Gasteiger partial charge in [-0.1, -0.05) is 6.92 Å². The van der Waals surface area contributed by atoms with Gasteiger partial charge in [-0.15, -0.1) is 35.3 Å². The number of carbonyl (C=O) groups excluding carboxylic acids is 1. The molecule has 2 N–H and O–H groups in total. The molecule has 0 aromatic carbocycles. The minimum Gasteiger partial charge on any atom is -0.356 e. The van der Waals surface area contributed by atoms with Gasteiger partial charge in [-0.2, -0.15) is 13.2 Å². The third kappa shape index (κ3) is 9.82. The second-order valence-electron chi connectivity index (χ2n) is 5.04. The fourth-order valence-electron chi connectivity index (χ4n) is 1.79. The maximum atomic E-state index is 12.2. The SMILES string of the molecule is CCc1cnc(CCNC(=NC)NCC(=O)N(C)CC(F)(F)F)s1.I. The number of nitrogens with zero attached hydrogens (tertiary/aromatic N) is 3. The summed E-state index contributed by atoms with van der Waals surface area (Å²) in [5, 5.41) is 6.70. The highest BCUT2D eigenvalue weighted by Gasteiger charge is 2.31. The van der Waals surface area contributed by atoms with Gasteiger partial charge in [-0.3, -0.25) is 9.79 Å². The second-order valence-corrected chi connectivity index (χ2v) is 6.24. The highest BCUT2D eigenvalue weighted by molar-refractivity contribution is 14.0. The Kier molecular flexibility index (Phi) is 11.0. The van der Waals surface area contributed by atoms with Crippen molar-refractivity contribution in [3.8, 4) is 0 Å².